The van der Waals surface area contributed by atoms with Crippen LogP contribution in [-0.4, -0.2) is 55.2 Å². The molecule has 1 heterocycles. The molecule has 4 rings (SSSR count). The Kier molecular flexibility index (Phi) is 10.6. The Morgan fingerprint density at radius 2 is 1.68 bits per heavy atom. The summed E-state index contributed by atoms with van der Waals surface area (Å²) in [5.74, 6) is -2.38. The molecule has 1 aromatic heterocycles. The molecule has 21 heteroatoms. The van der Waals surface area contributed by atoms with Crippen LogP contribution < -0.4 is 10.7 Å². The lowest BCUT2D eigenvalue weighted by molar-refractivity contribution is -0.432. The van der Waals surface area contributed by atoms with Crippen LogP contribution in [0.25, 0.3) is 0 Å². The lowest BCUT2D eigenvalue weighted by Gasteiger charge is -2.11. The number of aromatic carboxylic acids is 1. The molecule has 0 aliphatic heterocycles. The largest absolute Gasteiger partial charge is 0.504 e. The van der Waals surface area contributed by atoms with Gasteiger partial charge in [-0.2, -0.15) is 28.5 Å². The molecule has 228 valence electrons. The Morgan fingerprint density at radius 3 is 2.32 bits per heavy atom. The number of hydrogen-bond acceptors (Lipinski definition) is 15. The number of carboxylic acids is 1. The number of nitrogens with one attached hydrogen (secondary N) is 2. The van der Waals surface area contributed by atoms with Crippen molar-refractivity contribution in [1.29, 1.82) is 0 Å². The molecule has 0 aliphatic carbocycles. The van der Waals surface area contributed by atoms with Crippen LogP contribution in [0, 0.1) is 0 Å². The number of azo groups is 1. The van der Waals surface area contributed by atoms with Crippen LogP contribution in [0.4, 0.5) is 23.0 Å². The molecule has 0 saturated heterocycles. The summed E-state index contributed by atoms with van der Waals surface area (Å²) in [6, 6.07) is 13.8. The van der Waals surface area contributed by atoms with Crippen LogP contribution in [0.3, 0.4) is 0 Å². The molecular weight excluding hydrogens is 667 g/mol. The maximum Gasteiger partial charge on any atom is 0.337 e. The number of carboxylic acid groups (broad SMARTS) is 1. The highest BCUT2D eigenvalue weighted by atomic mass is 35.5. The summed E-state index contributed by atoms with van der Waals surface area (Å²) in [5.41, 5.74) is 1.93. The molecule has 6 N–H and O–H groups in total. The minimum atomic E-state index is -4.83. The number of amidine groups is 1. The minimum absolute atomic E-state index is 0.0231. The molecule has 17 nitrogen and oxygen atoms in total. The summed E-state index contributed by atoms with van der Waals surface area (Å²) < 4.78 is 38.0. The van der Waals surface area contributed by atoms with E-state index in [9.17, 15) is 28.0 Å². The van der Waals surface area contributed by atoms with Gasteiger partial charge >= 0.3 is 5.97 Å². The number of hydrazone groups is 1. The fraction of sp³-hybridized carbons (Fsp3) is 0. The van der Waals surface area contributed by atoms with Gasteiger partial charge in [0.2, 0.25) is 22.4 Å². The number of phenolic OH excluding ortho intramolecular Hbond substituents is 1. The zero-order chi connectivity index (χ0) is 31.9. The van der Waals surface area contributed by atoms with E-state index in [0.29, 0.717) is 22.5 Å². The molecule has 44 heavy (non-hydrogen) atoms. The van der Waals surface area contributed by atoms with Crippen LogP contribution in [0.5, 0.6) is 5.75 Å². The Labute approximate surface area is 261 Å². The predicted octanol–water partition coefficient (Wildman–Crippen LogP) is 5.56. The fourth-order valence-electron chi connectivity index (χ4n) is 3.27. The zero-order valence-corrected chi connectivity index (χ0v) is 24.5. The molecule has 0 amide bonds. The molecular formula is C23H16Cl2N8O9S2. The van der Waals surface area contributed by atoms with Crippen molar-refractivity contribution in [3.8, 4) is 5.75 Å². The third-order valence-corrected chi connectivity index (χ3v) is 6.88. The second kappa shape index (κ2) is 14.3. The molecule has 0 fully saturated rings. The van der Waals surface area contributed by atoms with E-state index in [4.69, 9.17) is 28.5 Å². The Hall–Kier alpha value is -4.47. The van der Waals surface area contributed by atoms with Crippen molar-refractivity contribution in [2.24, 2.45) is 15.3 Å². The lowest BCUT2D eigenvalue weighted by Crippen LogP contribution is -2.06. The summed E-state index contributed by atoms with van der Waals surface area (Å²) in [4.78, 5) is 22.5. The van der Waals surface area contributed by atoms with Crippen LogP contribution in [0.15, 0.2) is 85.8 Å². The molecule has 3 aromatic carbocycles. The van der Waals surface area contributed by atoms with Crippen molar-refractivity contribution in [3.63, 3.8) is 0 Å². The number of nitrogens with zero attached hydrogens (tertiary/aromatic N) is 6. The predicted molar refractivity (Wildman–Crippen MR) is 156 cm³/mol. The van der Waals surface area contributed by atoms with E-state index in [0.717, 1.165) is 12.1 Å². The molecule has 0 atom stereocenters. The third kappa shape index (κ3) is 8.55. The number of anilines is 3. The van der Waals surface area contributed by atoms with E-state index in [1.807, 2.05) is 0 Å². The lowest BCUT2D eigenvalue weighted by atomic mass is 10.2. The second-order valence-electron chi connectivity index (χ2n) is 7.99. The highest BCUT2D eigenvalue weighted by molar-refractivity contribution is 7.94. The van der Waals surface area contributed by atoms with Gasteiger partial charge < -0.3 is 15.5 Å². The van der Waals surface area contributed by atoms with Gasteiger partial charge in [0.15, 0.2) is 5.75 Å². The normalized spacial score (nSPS) is 12.0. The number of phenols is 1. The average molecular weight is 683 g/mol. The molecule has 0 saturated carbocycles. The smallest absolute Gasteiger partial charge is 0.337 e. The number of carbonyl (C=O) groups is 1. The van der Waals surface area contributed by atoms with Gasteiger partial charge in [-0.05, 0) is 53.5 Å². The van der Waals surface area contributed by atoms with Crippen molar-refractivity contribution >= 4 is 80.2 Å². The Morgan fingerprint density at radius 1 is 0.977 bits per heavy atom. The molecule has 0 radical (unpaired) electrons. The molecule has 0 bridgehead atoms. The molecule has 4 aromatic rings. The standard InChI is InChI=1S/C23H16Cl2N8O9S2/c24-21-27-22(25)29-23(28-21)26-16-9-13(44(38,39)40)10-17(18(16)34)31-33-19(11-4-2-1-3-5-11)32-30-15-8-12(43-42-41-37)6-7-14(15)20(35)36/h1-10,30,34,37H,(H,35,36)(H,38,39,40)(H,26,27,28,29). The first kappa shape index (κ1) is 32.4. The number of halogens is 2. The van der Waals surface area contributed by atoms with Crippen molar-refractivity contribution in [2.45, 2.75) is 9.79 Å². The van der Waals surface area contributed by atoms with E-state index < -0.39 is 32.4 Å². The van der Waals surface area contributed by atoms with Gasteiger partial charge in [0.25, 0.3) is 10.1 Å². The van der Waals surface area contributed by atoms with E-state index in [1.165, 1.54) is 18.2 Å². The molecule has 0 aliphatic rings. The number of aromatic hydroxyl groups is 1. The van der Waals surface area contributed by atoms with Crippen molar-refractivity contribution in [2.75, 3.05) is 10.7 Å². The fourth-order valence-corrected chi connectivity index (χ4v) is 4.56. The van der Waals surface area contributed by atoms with Crippen LogP contribution in [0.2, 0.25) is 10.6 Å². The Balaban J connectivity index is 1.77. The zero-order valence-electron chi connectivity index (χ0n) is 21.4. The van der Waals surface area contributed by atoms with Crippen LogP contribution >= 0.6 is 35.2 Å². The second-order valence-corrected chi connectivity index (χ2v) is 10.9. The monoisotopic (exact) mass is 682 g/mol. The summed E-state index contributed by atoms with van der Waals surface area (Å²) in [5, 5.41) is 46.4. The summed E-state index contributed by atoms with van der Waals surface area (Å²) in [6.07, 6.45) is 0. The first-order valence-electron chi connectivity index (χ1n) is 11.5. The van der Waals surface area contributed by atoms with E-state index in [1.54, 1.807) is 30.3 Å². The van der Waals surface area contributed by atoms with Crippen molar-refractivity contribution < 1.29 is 42.6 Å². The van der Waals surface area contributed by atoms with Gasteiger partial charge in [-0.3, -0.25) is 9.98 Å². The van der Waals surface area contributed by atoms with Gasteiger partial charge in [-0.25, -0.2) is 10.1 Å². The van der Waals surface area contributed by atoms with Crippen LogP contribution in [0.1, 0.15) is 15.9 Å². The first-order chi connectivity index (χ1) is 20.9. The van der Waals surface area contributed by atoms with Gasteiger partial charge in [-0.15, -0.1) is 14.6 Å². The topological polar surface area (TPSA) is 250 Å². The van der Waals surface area contributed by atoms with E-state index in [2.05, 4.69) is 50.4 Å². The minimum Gasteiger partial charge on any atom is -0.504 e. The summed E-state index contributed by atoms with van der Waals surface area (Å²) in [6.45, 7) is 0. The van der Waals surface area contributed by atoms with Crippen molar-refractivity contribution in [3.05, 3.63) is 82.4 Å². The summed E-state index contributed by atoms with van der Waals surface area (Å²) in [7, 11) is -4.83. The number of aromatic nitrogens is 3. The van der Waals surface area contributed by atoms with Gasteiger partial charge in [0.05, 0.1) is 33.9 Å². The maximum atomic E-state index is 12.0. The van der Waals surface area contributed by atoms with Crippen LogP contribution in [-0.2, 0) is 19.5 Å². The maximum absolute atomic E-state index is 12.0. The van der Waals surface area contributed by atoms with Crippen molar-refractivity contribution in [1.82, 2.24) is 15.0 Å². The Bertz CT molecular complexity index is 1850. The number of benzene rings is 3. The molecule has 0 unspecified atom stereocenters. The van der Waals surface area contributed by atoms with Gasteiger partial charge in [-0.1, -0.05) is 35.4 Å². The molecule has 0 spiro atoms. The number of hydrogen-bond donors (Lipinski definition) is 6. The first-order valence-corrected chi connectivity index (χ1v) is 14.4. The highest BCUT2D eigenvalue weighted by Crippen LogP contribution is 2.39. The average Bonchev–Trinajstić information content (AvgIpc) is 2.97. The highest BCUT2D eigenvalue weighted by Gasteiger charge is 2.19. The van der Waals surface area contributed by atoms with Gasteiger partial charge in [0, 0.05) is 10.5 Å². The van der Waals surface area contributed by atoms with E-state index >= 15 is 0 Å². The summed E-state index contributed by atoms with van der Waals surface area (Å²) >= 11 is 12.1. The van der Waals surface area contributed by atoms with Gasteiger partial charge in [0.1, 0.15) is 5.69 Å². The number of rotatable bonds is 11. The van der Waals surface area contributed by atoms with E-state index in [-0.39, 0.29) is 39.3 Å². The quantitative estimate of drug-likeness (QED) is 0.0165. The SMILES string of the molecule is O=C(O)c1ccc(SOOO)cc1NN=C(N=Nc1cc(S(=O)(=O)O)cc(Nc2nc(Cl)nc(Cl)n2)c1O)c1ccccc1. The third-order valence-electron chi connectivity index (χ3n) is 5.14.